The van der Waals surface area contributed by atoms with Crippen molar-refractivity contribution >= 4 is 10.0 Å². The highest BCUT2D eigenvalue weighted by Gasteiger charge is 2.15. The number of nitrogens with zero attached hydrogens (tertiary/aromatic N) is 3. The number of nitrogens with one attached hydrogen (secondary N) is 2. The maximum Gasteiger partial charge on any atom is 0.258 e. The van der Waals surface area contributed by atoms with Gasteiger partial charge < -0.3 is 5.32 Å². The second kappa shape index (κ2) is 6.51. The van der Waals surface area contributed by atoms with E-state index in [1.165, 1.54) is 18.6 Å². The summed E-state index contributed by atoms with van der Waals surface area (Å²) < 4.78 is 26.5. The molecular formula is C12H15N5O2S. The molecule has 106 valence electrons. The van der Waals surface area contributed by atoms with Crippen molar-refractivity contribution in [1.29, 1.82) is 0 Å². The molecule has 0 aliphatic heterocycles. The third kappa shape index (κ3) is 3.80. The van der Waals surface area contributed by atoms with Crippen molar-refractivity contribution in [2.24, 2.45) is 0 Å². The summed E-state index contributed by atoms with van der Waals surface area (Å²) in [4.78, 5) is 11.7. The fourth-order valence-corrected chi connectivity index (χ4v) is 2.47. The monoisotopic (exact) mass is 293 g/mol. The minimum atomic E-state index is -3.63. The van der Waals surface area contributed by atoms with Gasteiger partial charge in [-0.15, -0.1) is 0 Å². The maximum atomic E-state index is 12.0. The Kier molecular flexibility index (Phi) is 4.72. The lowest BCUT2D eigenvalue weighted by Crippen LogP contribution is -2.24. The molecule has 0 bridgehead atoms. The number of hydrogen-bond acceptors (Lipinski definition) is 6. The van der Waals surface area contributed by atoms with Crippen molar-refractivity contribution in [1.82, 2.24) is 25.0 Å². The number of pyridine rings is 1. The van der Waals surface area contributed by atoms with Gasteiger partial charge in [-0.3, -0.25) is 0 Å². The predicted molar refractivity (Wildman–Crippen MR) is 73.1 cm³/mol. The van der Waals surface area contributed by atoms with Crippen LogP contribution in [0.1, 0.15) is 11.3 Å². The van der Waals surface area contributed by atoms with Gasteiger partial charge in [-0.1, -0.05) is 6.07 Å². The Morgan fingerprint density at radius 1 is 1.15 bits per heavy atom. The minimum absolute atomic E-state index is 0.00795. The summed E-state index contributed by atoms with van der Waals surface area (Å²) in [5.74, 6) is 0. The van der Waals surface area contributed by atoms with Crippen LogP contribution < -0.4 is 10.0 Å². The van der Waals surface area contributed by atoms with Gasteiger partial charge in [0.25, 0.3) is 10.0 Å². The van der Waals surface area contributed by atoms with Gasteiger partial charge in [0, 0.05) is 18.9 Å². The van der Waals surface area contributed by atoms with E-state index in [2.05, 4.69) is 25.0 Å². The molecule has 0 fully saturated rings. The van der Waals surface area contributed by atoms with E-state index in [0.29, 0.717) is 12.2 Å². The molecule has 2 aromatic heterocycles. The first kappa shape index (κ1) is 14.5. The molecule has 20 heavy (non-hydrogen) atoms. The van der Waals surface area contributed by atoms with Crippen LogP contribution >= 0.6 is 0 Å². The molecule has 2 N–H and O–H groups in total. The fourth-order valence-electron chi connectivity index (χ4n) is 1.54. The lowest BCUT2D eigenvalue weighted by molar-refractivity contribution is 0.576. The first-order chi connectivity index (χ1) is 9.62. The highest BCUT2D eigenvalue weighted by Crippen LogP contribution is 2.07. The minimum Gasteiger partial charge on any atom is -0.316 e. The topological polar surface area (TPSA) is 96.9 Å². The van der Waals surface area contributed by atoms with E-state index in [1.54, 1.807) is 18.3 Å². The van der Waals surface area contributed by atoms with Crippen LogP contribution in [0.5, 0.6) is 0 Å². The molecule has 0 aliphatic carbocycles. The van der Waals surface area contributed by atoms with Crippen LogP contribution in [0, 0.1) is 0 Å². The zero-order valence-electron chi connectivity index (χ0n) is 10.9. The summed E-state index contributed by atoms with van der Waals surface area (Å²) in [6.07, 6.45) is 4.46. The second-order valence-electron chi connectivity index (χ2n) is 4.06. The number of aromatic nitrogens is 3. The van der Waals surface area contributed by atoms with E-state index >= 15 is 0 Å². The quantitative estimate of drug-likeness (QED) is 0.782. The molecule has 0 amide bonds. The van der Waals surface area contributed by atoms with Crippen molar-refractivity contribution < 1.29 is 8.42 Å². The molecule has 0 aromatic carbocycles. The van der Waals surface area contributed by atoms with Crippen LogP contribution in [0.15, 0.2) is 41.9 Å². The van der Waals surface area contributed by atoms with Crippen molar-refractivity contribution in [3.63, 3.8) is 0 Å². The summed E-state index contributed by atoms with van der Waals surface area (Å²) in [5.41, 5.74) is 1.51. The highest BCUT2D eigenvalue weighted by atomic mass is 32.2. The molecule has 0 aliphatic rings. The molecule has 0 saturated carbocycles. The smallest absolute Gasteiger partial charge is 0.258 e. The van der Waals surface area contributed by atoms with Crippen molar-refractivity contribution in [3.8, 4) is 0 Å². The fraction of sp³-hybridized carbons (Fsp3) is 0.250. The average molecular weight is 293 g/mol. The van der Waals surface area contributed by atoms with Crippen LogP contribution in [-0.4, -0.2) is 30.4 Å². The maximum absolute atomic E-state index is 12.0. The third-order valence-electron chi connectivity index (χ3n) is 2.54. The number of hydrogen-bond donors (Lipinski definition) is 2. The Bertz CT molecular complexity index is 643. The summed E-state index contributed by atoms with van der Waals surface area (Å²) in [5, 5.41) is 2.96. The molecule has 7 nitrogen and oxygen atoms in total. The Balaban J connectivity index is 2.06. The van der Waals surface area contributed by atoms with Crippen LogP contribution in [0.25, 0.3) is 0 Å². The van der Waals surface area contributed by atoms with Gasteiger partial charge in [-0.25, -0.2) is 28.1 Å². The summed E-state index contributed by atoms with van der Waals surface area (Å²) in [6.45, 7) is 0.743. The van der Waals surface area contributed by atoms with E-state index in [4.69, 9.17) is 0 Å². The Morgan fingerprint density at radius 3 is 2.60 bits per heavy atom. The first-order valence-electron chi connectivity index (χ1n) is 5.96. The molecule has 0 unspecified atom stereocenters. The molecular weight excluding hydrogens is 278 g/mol. The van der Waals surface area contributed by atoms with E-state index < -0.39 is 10.0 Å². The SMILES string of the molecule is CNCc1ccc(S(=O)(=O)NCc2ccncn2)nc1. The first-order valence-corrected chi connectivity index (χ1v) is 7.44. The largest absolute Gasteiger partial charge is 0.316 e. The second-order valence-corrected chi connectivity index (χ2v) is 5.77. The van der Waals surface area contributed by atoms with Crippen molar-refractivity contribution in [3.05, 3.63) is 48.2 Å². The van der Waals surface area contributed by atoms with E-state index in [1.807, 2.05) is 7.05 Å². The van der Waals surface area contributed by atoms with E-state index in [9.17, 15) is 8.42 Å². The van der Waals surface area contributed by atoms with Crippen molar-refractivity contribution in [2.75, 3.05) is 7.05 Å². The summed E-state index contributed by atoms with van der Waals surface area (Å²) >= 11 is 0. The molecule has 2 rings (SSSR count). The van der Waals surface area contributed by atoms with Crippen LogP contribution in [-0.2, 0) is 23.1 Å². The molecule has 8 heteroatoms. The molecule has 0 atom stereocenters. The third-order valence-corrected chi connectivity index (χ3v) is 3.86. The Hall–Kier alpha value is -1.90. The standard InChI is InChI=1S/C12H15N5O2S/c1-13-6-10-2-3-12(15-7-10)20(18,19)17-8-11-4-5-14-9-16-11/h2-5,7,9,13,17H,6,8H2,1H3. The van der Waals surface area contributed by atoms with Gasteiger partial charge >= 0.3 is 0 Å². The number of rotatable bonds is 6. The van der Waals surface area contributed by atoms with Gasteiger partial charge in [0.15, 0.2) is 5.03 Å². The van der Waals surface area contributed by atoms with Crippen LogP contribution in [0.4, 0.5) is 0 Å². The normalized spacial score (nSPS) is 11.4. The lowest BCUT2D eigenvalue weighted by Gasteiger charge is -2.06. The highest BCUT2D eigenvalue weighted by molar-refractivity contribution is 7.89. The number of sulfonamides is 1. The van der Waals surface area contributed by atoms with E-state index in [-0.39, 0.29) is 11.6 Å². The van der Waals surface area contributed by atoms with Gasteiger partial charge in [-0.2, -0.15) is 0 Å². The predicted octanol–water partition coefficient (Wildman–Crippen LogP) is 0.0695. The van der Waals surface area contributed by atoms with Crippen molar-refractivity contribution in [2.45, 2.75) is 18.1 Å². The zero-order valence-corrected chi connectivity index (χ0v) is 11.8. The summed E-state index contributed by atoms with van der Waals surface area (Å²) in [6, 6.07) is 4.85. The average Bonchev–Trinajstić information content (AvgIpc) is 2.47. The van der Waals surface area contributed by atoms with Gasteiger partial charge in [0.1, 0.15) is 6.33 Å². The van der Waals surface area contributed by atoms with Crippen LogP contribution in [0.3, 0.4) is 0 Å². The van der Waals surface area contributed by atoms with Gasteiger partial charge in [0.2, 0.25) is 0 Å². The summed E-state index contributed by atoms with van der Waals surface area (Å²) in [7, 11) is -1.82. The molecule has 2 heterocycles. The van der Waals surface area contributed by atoms with E-state index in [0.717, 1.165) is 5.56 Å². The Morgan fingerprint density at radius 2 is 2.00 bits per heavy atom. The molecule has 0 spiro atoms. The van der Waals surface area contributed by atoms with Gasteiger partial charge in [-0.05, 0) is 24.7 Å². The molecule has 0 saturated heterocycles. The van der Waals surface area contributed by atoms with Gasteiger partial charge in [0.05, 0.1) is 12.2 Å². The molecule has 0 radical (unpaired) electrons. The zero-order chi connectivity index (χ0) is 14.4. The molecule has 2 aromatic rings. The van der Waals surface area contributed by atoms with Crippen LogP contribution in [0.2, 0.25) is 0 Å². The Labute approximate surface area is 117 Å². The lowest BCUT2D eigenvalue weighted by atomic mass is 10.3.